The van der Waals surface area contributed by atoms with Crippen molar-refractivity contribution in [1.29, 1.82) is 0 Å². The maximum absolute atomic E-state index is 13.3. The molecule has 134 valence electrons. The first-order chi connectivity index (χ1) is 11.7. The SMILES string of the molecule is NC1CN(Cc2cc(S(N)(=O)=O)ccc2Oc2ccc(F)c(Cl)c2)C1. The van der Waals surface area contributed by atoms with Crippen LogP contribution in [0.3, 0.4) is 0 Å². The molecule has 0 amide bonds. The van der Waals surface area contributed by atoms with Crippen molar-refractivity contribution in [3.63, 3.8) is 0 Å². The van der Waals surface area contributed by atoms with Crippen LogP contribution < -0.4 is 15.6 Å². The van der Waals surface area contributed by atoms with E-state index in [4.69, 9.17) is 27.2 Å². The van der Waals surface area contributed by atoms with Crippen LogP contribution in [0.1, 0.15) is 5.56 Å². The van der Waals surface area contributed by atoms with Gasteiger partial charge in [-0.05, 0) is 30.3 Å². The molecule has 25 heavy (non-hydrogen) atoms. The van der Waals surface area contributed by atoms with Crippen molar-refractivity contribution in [1.82, 2.24) is 4.90 Å². The summed E-state index contributed by atoms with van der Waals surface area (Å²) in [5.41, 5.74) is 6.41. The minimum absolute atomic E-state index is 0.00295. The summed E-state index contributed by atoms with van der Waals surface area (Å²) in [6.07, 6.45) is 0. The lowest BCUT2D eigenvalue weighted by Gasteiger charge is -2.37. The summed E-state index contributed by atoms with van der Waals surface area (Å²) < 4.78 is 42.2. The highest BCUT2D eigenvalue weighted by molar-refractivity contribution is 7.89. The number of hydrogen-bond donors (Lipinski definition) is 2. The Bertz CT molecular complexity index is 901. The molecule has 0 aliphatic carbocycles. The normalized spacial score (nSPS) is 15.8. The average Bonchev–Trinajstić information content (AvgIpc) is 2.50. The van der Waals surface area contributed by atoms with Gasteiger partial charge >= 0.3 is 0 Å². The molecule has 0 spiro atoms. The molecule has 1 aliphatic heterocycles. The van der Waals surface area contributed by atoms with Crippen LogP contribution in [0.15, 0.2) is 41.3 Å². The Morgan fingerprint density at radius 1 is 1.24 bits per heavy atom. The van der Waals surface area contributed by atoms with Crippen molar-refractivity contribution < 1.29 is 17.5 Å². The molecule has 1 saturated heterocycles. The Balaban J connectivity index is 1.91. The standard InChI is InChI=1S/C16H17ClFN3O3S/c17-14-6-12(1-3-15(14)18)24-16-4-2-13(25(20,22)23)5-10(16)7-21-8-11(19)9-21/h1-6,11H,7-9,19H2,(H2,20,22,23). The second-order valence-electron chi connectivity index (χ2n) is 5.95. The zero-order valence-electron chi connectivity index (χ0n) is 13.2. The predicted molar refractivity (Wildman–Crippen MR) is 92.6 cm³/mol. The van der Waals surface area contributed by atoms with Crippen LogP contribution in [-0.2, 0) is 16.6 Å². The van der Waals surface area contributed by atoms with E-state index in [1.165, 1.54) is 36.4 Å². The molecule has 3 rings (SSSR count). The molecular weight excluding hydrogens is 369 g/mol. The number of sulfonamides is 1. The molecule has 0 bridgehead atoms. The maximum atomic E-state index is 13.3. The van der Waals surface area contributed by atoms with E-state index in [1.54, 1.807) is 0 Å². The molecule has 0 radical (unpaired) electrons. The van der Waals surface area contributed by atoms with E-state index in [1.807, 2.05) is 0 Å². The molecule has 1 heterocycles. The Morgan fingerprint density at radius 2 is 1.96 bits per heavy atom. The highest BCUT2D eigenvalue weighted by Gasteiger charge is 2.24. The number of benzene rings is 2. The van der Waals surface area contributed by atoms with Crippen molar-refractivity contribution in [2.45, 2.75) is 17.5 Å². The summed E-state index contributed by atoms with van der Waals surface area (Å²) in [7, 11) is -3.83. The van der Waals surface area contributed by atoms with Gasteiger partial charge in [0, 0.05) is 37.3 Å². The molecule has 0 unspecified atom stereocenters. The van der Waals surface area contributed by atoms with Gasteiger partial charge in [0.2, 0.25) is 10.0 Å². The molecule has 0 atom stereocenters. The quantitative estimate of drug-likeness (QED) is 0.820. The van der Waals surface area contributed by atoms with Crippen LogP contribution in [0.2, 0.25) is 5.02 Å². The number of rotatable bonds is 5. The molecule has 2 aromatic rings. The van der Waals surface area contributed by atoms with E-state index in [0.717, 1.165) is 0 Å². The maximum Gasteiger partial charge on any atom is 0.238 e. The van der Waals surface area contributed by atoms with Gasteiger partial charge in [-0.25, -0.2) is 17.9 Å². The van der Waals surface area contributed by atoms with Gasteiger partial charge < -0.3 is 10.5 Å². The molecule has 4 N–H and O–H groups in total. The molecule has 9 heteroatoms. The minimum Gasteiger partial charge on any atom is -0.457 e. The molecule has 1 aliphatic rings. The summed E-state index contributed by atoms with van der Waals surface area (Å²) in [6, 6.07) is 8.46. The number of primary sulfonamides is 1. The molecule has 6 nitrogen and oxygen atoms in total. The highest BCUT2D eigenvalue weighted by atomic mass is 35.5. The zero-order chi connectivity index (χ0) is 18.2. The fourth-order valence-corrected chi connectivity index (χ4v) is 3.34. The van der Waals surface area contributed by atoms with Crippen molar-refractivity contribution in [2.24, 2.45) is 10.9 Å². The number of halogens is 2. The third-order valence-corrected chi connectivity index (χ3v) is 5.06. The van der Waals surface area contributed by atoms with Gasteiger partial charge in [0.25, 0.3) is 0 Å². The van der Waals surface area contributed by atoms with Gasteiger partial charge in [-0.1, -0.05) is 11.6 Å². The zero-order valence-corrected chi connectivity index (χ0v) is 14.7. The number of nitrogens with two attached hydrogens (primary N) is 2. The van der Waals surface area contributed by atoms with E-state index >= 15 is 0 Å². The largest absolute Gasteiger partial charge is 0.457 e. The summed E-state index contributed by atoms with van der Waals surface area (Å²) in [4.78, 5) is 2.05. The number of nitrogens with zero attached hydrogens (tertiary/aromatic N) is 1. The van der Waals surface area contributed by atoms with Crippen molar-refractivity contribution >= 4 is 21.6 Å². The first-order valence-electron chi connectivity index (χ1n) is 7.49. The highest BCUT2D eigenvalue weighted by Crippen LogP contribution is 2.31. The lowest BCUT2D eigenvalue weighted by atomic mass is 10.1. The van der Waals surface area contributed by atoms with Gasteiger partial charge in [-0.3, -0.25) is 4.90 Å². The minimum atomic E-state index is -3.83. The summed E-state index contributed by atoms with van der Waals surface area (Å²) in [5, 5.41) is 5.14. The van der Waals surface area contributed by atoms with E-state index in [0.29, 0.717) is 36.7 Å². The van der Waals surface area contributed by atoms with E-state index in [-0.39, 0.29) is 16.0 Å². The second kappa shape index (κ2) is 6.89. The average molecular weight is 386 g/mol. The molecule has 2 aromatic carbocycles. The van der Waals surface area contributed by atoms with Crippen molar-refractivity contribution in [3.8, 4) is 11.5 Å². The lowest BCUT2D eigenvalue weighted by molar-refractivity contribution is 0.141. The van der Waals surface area contributed by atoms with Crippen LogP contribution in [0.5, 0.6) is 11.5 Å². The van der Waals surface area contributed by atoms with Gasteiger partial charge in [-0.2, -0.15) is 0 Å². The van der Waals surface area contributed by atoms with Crippen molar-refractivity contribution in [2.75, 3.05) is 13.1 Å². The topological polar surface area (TPSA) is 98.6 Å². The van der Waals surface area contributed by atoms with E-state index in [9.17, 15) is 12.8 Å². The monoisotopic (exact) mass is 385 g/mol. The molecule has 1 fully saturated rings. The molecular formula is C16H17ClFN3O3S. The Kier molecular flexibility index (Phi) is 4.99. The lowest BCUT2D eigenvalue weighted by Crippen LogP contribution is -2.54. The first-order valence-corrected chi connectivity index (χ1v) is 9.41. The fourth-order valence-electron chi connectivity index (χ4n) is 2.60. The summed E-state index contributed by atoms with van der Waals surface area (Å²) >= 11 is 5.76. The Morgan fingerprint density at radius 3 is 2.56 bits per heavy atom. The third kappa shape index (κ3) is 4.28. The van der Waals surface area contributed by atoms with Crippen molar-refractivity contribution in [3.05, 3.63) is 52.8 Å². The van der Waals surface area contributed by atoms with Gasteiger partial charge in [-0.15, -0.1) is 0 Å². The summed E-state index contributed by atoms with van der Waals surface area (Å²) in [6.45, 7) is 1.88. The number of likely N-dealkylation sites (tertiary alicyclic amines) is 1. The fraction of sp³-hybridized carbons (Fsp3) is 0.250. The van der Waals surface area contributed by atoms with Crippen LogP contribution in [0.4, 0.5) is 4.39 Å². The Labute approximate surface area is 150 Å². The number of ether oxygens (including phenoxy) is 1. The van der Waals surface area contributed by atoms with E-state index in [2.05, 4.69) is 4.90 Å². The number of hydrogen-bond acceptors (Lipinski definition) is 5. The van der Waals surface area contributed by atoms with Gasteiger partial charge in [0.1, 0.15) is 17.3 Å². The first kappa shape index (κ1) is 18.1. The van der Waals surface area contributed by atoms with E-state index < -0.39 is 15.8 Å². The van der Waals surface area contributed by atoms with Gasteiger partial charge in [0.05, 0.1) is 9.92 Å². The third-order valence-electron chi connectivity index (χ3n) is 3.86. The summed E-state index contributed by atoms with van der Waals surface area (Å²) in [5.74, 6) is 0.236. The smallest absolute Gasteiger partial charge is 0.238 e. The predicted octanol–water partition coefficient (Wildman–Crippen LogP) is 2.06. The van der Waals surface area contributed by atoms with Gasteiger partial charge in [0.15, 0.2) is 0 Å². The molecule has 0 aromatic heterocycles. The van der Waals surface area contributed by atoms with Crippen LogP contribution in [-0.4, -0.2) is 32.4 Å². The van der Waals surface area contributed by atoms with Crippen LogP contribution >= 0.6 is 11.6 Å². The van der Waals surface area contributed by atoms with Crippen LogP contribution in [0.25, 0.3) is 0 Å². The molecule has 0 saturated carbocycles. The Hall–Kier alpha value is -1.71. The second-order valence-corrected chi connectivity index (χ2v) is 7.92. The van der Waals surface area contributed by atoms with Crippen LogP contribution in [0, 0.1) is 5.82 Å².